The van der Waals surface area contributed by atoms with Gasteiger partial charge in [0.2, 0.25) is 11.8 Å². The Hall–Kier alpha value is -1.06. The van der Waals surface area contributed by atoms with Crippen LogP contribution in [0.2, 0.25) is 5.02 Å². The van der Waals surface area contributed by atoms with Crippen LogP contribution in [0.3, 0.4) is 0 Å². The van der Waals surface area contributed by atoms with E-state index in [1.54, 1.807) is 19.1 Å². The second-order valence-corrected chi connectivity index (χ2v) is 4.16. The zero-order chi connectivity index (χ0) is 10.8. The first kappa shape index (κ1) is 10.5. The van der Waals surface area contributed by atoms with Crippen molar-refractivity contribution in [3.05, 3.63) is 35.2 Å². The average molecular weight is 243 g/mol. The third kappa shape index (κ3) is 2.30. The van der Waals surface area contributed by atoms with Crippen LogP contribution in [0.4, 0.5) is 0 Å². The van der Waals surface area contributed by atoms with E-state index < -0.39 is 0 Å². The smallest absolute Gasteiger partial charge is 0.247 e. The molecule has 5 heteroatoms. The fourth-order valence-corrected chi connectivity index (χ4v) is 1.41. The predicted molar refractivity (Wildman–Crippen MR) is 59.0 cm³/mol. The highest BCUT2D eigenvalue weighted by atomic mass is 35.5. The molecule has 0 bridgehead atoms. The molecule has 0 N–H and O–H groups in total. The maximum absolute atomic E-state index is 5.85. The maximum atomic E-state index is 5.85. The Morgan fingerprint density at radius 1 is 1.33 bits per heavy atom. The van der Waals surface area contributed by atoms with Gasteiger partial charge in [0, 0.05) is 10.6 Å². The number of nitrogens with zero attached hydrogens (tertiary/aromatic N) is 2. The van der Waals surface area contributed by atoms with Gasteiger partial charge in [0.15, 0.2) is 0 Å². The van der Waals surface area contributed by atoms with Crippen molar-refractivity contribution in [3.8, 4) is 11.5 Å². The van der Waals surface area contributed by atoms with Crippen LogP contribution in [0.5, 0.6) is 0 Å². The zero-order valence-electron chi connectivity index (χ0n) is 7.95. The number of rotatable bonds is 2. The number of halogens is 2. The van der Waals surface area contributed by atoms with E-state index in [0.29, 0.717) is 16.8 Å². The summed E-state index contributed by atoms with van der Waals surface area (Å²) in [4.78, 5) is 0. The molecule has 0 fully saturated rings. The molecule has 0 radical (unpaired) electrons. The van der Waals surface area contributed by atoms with Crippen molar-refractivity contribution in [2.24, 2.45) is 0 Å². The lowest BCUT2D eigenvalue weighted by atomic mass is 10.2. The van der Waals surface area contributed by atoms with Crippen molar-refractivity contribution < 1.29 is 4.42 Å². The van der Waals surface area contributed by atoms with Crippen molar-refractivity contribution in [1.29, 1.82) is 0 Å². The molecular formula is C10H8Cl2N2O. The van der Waals surface area contributed by atoms with Gasteiger partial charge in [-0.3, -0.25) is 0 Å². The summed E-state index contributed by atoms with van der Waals surface area (Å²) in [6.07, 6.45) is 0. The Morgan fingerprint density at radius 2 is 2.13 bits per heavy atom. The van der Waals surface area contributed by atoms with Crippen LogP contribution in [0.25, 0.3) is 11.5 Å². The Bertz CT molecular complexity index is 468. The Kier molecular flexibility index (Phi) is 2.93. The van der Waals surface area contributed by atoms with Gasteiger partial charge in [-0.15, -0.1) is 21.8 Å². The fourth-order valence-electron chi connectivity index (χ4n) is 1.13. The number of benzene rings is 1. The van der Waals surface area contributed by atoms with Gasteiger partial charge in [0.05, 0.1) is 0 Å². The van der Waals surface area contributed by atoms with Gasteiger partial charge in [-0.25, -0.2) is 0 Å². The molecule has 2 rings (SSSR count). The molecule has 0 amide bonds. The minimum absolute atomic E-state index is 0.287. The quantitative estimate of drug-likeness (QED) is 0.755. The largest absolute Gasteiger partial charge is 0.419 e. The van der Waals surface area contributed by atoms with Crippen molar-refractivity contribution in [1.82, 2.24) is 10.2 Å². The molecule has 0 aliphatic rings. The van der Waals surface area contributed by atoms with Crippen LogP contribution in [0, 0.1) is 0 Å². The molecule has 1 aromatic heterocycles. The molecule has 1 aromatic carbocycles. The molecule has 1 atom stereocenters. The fraction of sp³-hybridized carbons (Fsp3) is 0.200. The van der Waals surface area contributed by atoms with Gasteiger partial charge < -0.3 is 4.42 Å². The summed E-state index contributed by atoms with van der Waals surface area (Å²) in [6.45, 7) is 1.77. The molecule has 2 aromatic rings. The molecule has 15 heavy (non-hydrogen) atoms. The molecule has 1 heterocycles. The van der Waals surface area contributed by atoms with Crippen LogP contribution in [-0.2, 0) is 0 Å². The van der Waals surface area contributed by atoms with Gasteiger partial charge in [0.1, 0.15) is 5.38 Å². The first-order valence-corrected chi connectivity index (χ1v) is 5.21. The lowest BCUT2D eigenvalue weighted by Crippen LogP contribution is -1.81. The lowest BCUT2D eigenvalue weighted by Gasteiger charge is -1.95. The Labute approximate surface area is 97.0 Å². The highest BCUT2D eigenvalue weighted by Gasteiger charge is 2.12. The summed E-state index contributed by atoms with van der Waals surface area (Å²) in [5.74, 6) is 0.839. The summed E-state index contributed by atoms with van der Waals surface area (Å²) in [6, 6.07) is 7.22. The number of aromatic nitrogens is 2. The number of alkyl halides is 1. The van der Waals surface area contributed by atoms with Crippen LogP contribution in [0.1, 0.15) is 18.2 Å². The molecule has 0 aliphatic carbocycles. The topological polar surface area (TPSA) is 38.9 Å². The number of hydrogen-bond donors (Lipinski definition) is 0. The monoisotopic (exact) mass is 242 g/mol. The van der Waals surface area contributed by atoms with Crippen LogP contribution < -0.4 is 0 Å². The van der Waals surface area contributed by atoms with E-state index in [0.717, 1.165) is 5.56 Å². The maximum Gasteiger partial charge on any atom is 0.247 e. The second-order valence-electron chi connectivity index (χ2n) is 3.07. The highest BCUT2D eigenvalue weighted by Crippen LogP contribution is 2.24. The summed E-state index contributed by atoms with van der Waals surface area (Å²) >= 11 is 11.7. The molecule has 0 unspecified atom stereocenters. The highest BCUT2D eigenvalue weighted by molar-refractivity contribution is 6.30. The Balaban J connectivity index is 2.37. The van der Waals surface area contributed by atoms with Gasteiger partial charge in [-0.1, -0.05) is 17.7 Å². The predicted octanol–water partition coefficient (Wildman–Crippen LogP) is 3.69. The normalized spacial score (nSPS) is 12.7. The molecule has 0 spiro atoms. The van der Waals surface area contributed by atoms with E-state index in [2.05, 4.69) is 10.2 Å². The van der Waals surface area contributed by atoms with Crippen LogP contribution in [0.15, 0.2) is 28.7 Å². The van der Waals surface area contributed by atoms with Gasteiger partial charge >= 0.3 is 0 Å². The van der Waals surface area contributed by atoms with E-state index in [4.69, 9.17) is 27.6 Å². The first-order valence-electron chi connectivity index (χ1n) is 4.40. The summed E-state index contributed by atoms with van der Waals surface area (Å²) in [5.41, 5.74) is 0.790. The minimum atomic E-state index is -0.287. The lowest BCUT2D eigenvalue weighted by molar-refractivity contribution is 0.507. The zero-order valence-corrected chi connectivity index (χ0v) is 9.46. The van der Waals surface area contributed by atoms with Gasteiger partial charge in [-0.2, -0.15) is 0 Å². The van der Waals surface area contributed by atoms with E-state index >= 15 is 0 Å². The van der Waals surface area contributed by atoms with E-state index in [-0.39, 0.29) is 5.38 Å². The van der Waals surface area contributed by atoms with E-state index in [1.807, 2.05) is 12.1 Å². The van der Waals surface area contributed by atoms with Gasteiger partial charge in [-0.05, 0) is 25.1 Å². The molecule has 78 valence electrons. The van der Waals surface area contributed by atoms with Crippen molar-refractivity contribution in [3.63, 3.8) is 0 Å². The van der Waals surface area contributed by atoms with E-state index in [1.165, 1.54) is 0 Å². The van der Waals surface area contributed by atoms with Crippen LogP contribution in [-0.4, -0.2) is 10.2 Å². The SMILES string of the molecule is C[C@H](Cl)c1nnc(-c2cccc(Cl)c2)o1. The van der Waals surface area contributed by atoms with Crippen molar-refractivity contribution in [2.75, 3.05) is 0 Å². The molecule has 0 saturated heterocycles. The van der Waals surface area contributed by atoms with E-state index in [9.17, 15) is 0 Å². The van der Waals surface area contributed by atoms with Gasteiger partial charge in [0.25, 0.3) is 0 Å². The molecule has 0 aliphatic heterocycles. The first-order chi connectivity index (χ1) is 7.16. The Morgan fingerprint density at radius 3 is 2.73 bits per heavy atom. The van der Waals surface area contributed by atoms with Crippen molar-refractivity contribution >= 4 is 23.2 Å². The average Bonchev–Trinajstić information content (AvgIpc) is 2.66. The number of hydrogen-bond acceptors (Lipinski definition) is 3. The summed E-state index contributed by atoms with van der Waals surface area (Å²) in [7, 11) is 0. The minimum Gasteiger partial charge on any atom is -0.419 e. The second kappa shape index (κ2) is 4.21. The molecule has 0 saturated carbocycles. The summed E-state index contributed by atoms with van der Waals surface area (Å²) < 4.78 is 5.37. The molecular weight excluding hydrogens is 235 g/mol. The standard InChI is InChI=1S/C10H8Cl2N2O/c1-6(11)9-13-14-10(15-9)7-3-2-4-8(12)5-7/h2-6H,1H3/t6-/m0/s1. The third-order valence-electron chi connectivity index (χ3n) is 1.85. The van der Waals surface area contributed by atoms with Crippen LogP contribution >= 0.6 is 23.2 Å². The van der Waals surface area contributed by atoms with Crippen molar-refractivity contribution in [2.45, 2.75) is 12.3 Å². The third-order valence-corrected chi connectivity index (χ3v) is 2.27. The molecule has 3 nitrogen and oxygen atoms in total. The summed E-state index contributed by atoms with van der Waals surface area (Å²) in [5, 5.41) is 8.06.